The van der Waals surface area contributed by atoms with E-state index in [1.54, 1.807) is 10.9 Å². The Bertz CT molecular complexity index is 276. The van der Waals surface area contributed by atoms with Crippen molar-refractivity contribution in [2.24, 2.45) is 13.0 Å². The number of hydrogen-bond donors (Lipinski definition) is 0. The van der Waals surface area contributed by atoms with Crippen LogP contribution < -0.4 is 0 Å². The van der Waals surface area contributed by atoms with Gasteiger partial charge in [-0.1, -0.05) is 13.8 Å². The number of hydrogen-bond acceptors (Lipinski definition) is 2. The maximum atomic E-state index is 10.6. The van der Waals surface area contributed by atoms with Gasteiger partial charge in [0.25, 0.3) is 0 Å². The fourth-order valence-electron chi connectivity index (χ4n) is 1.18. The van der Waals surface area contributed by atoms with E-state index in [9.17, 15) is 4.79 Å². The molecule has 0 saturated heterocycles. The van der Waals surface area contributed by atoms with Gasteiger partial charge in [-0.05, 0) is 12.3 Å². The number of aldehydes is 1. The van der Waals surface area contributed by atoms with Crippen LogP contribution >= 0.6 is 0 Å². The summed E-state index contributed by atoms with van der Waals surface area (Å²) in [4.78, 5) is 14.8. The van der Waals surface area contributed by atoms with Crippen LogP contribution in [0.15, 0.2) is 6.33 Å². The first-order valence-electron chi connectivity index (χ1n) is 4.10. The molecule has 0 aromatic carbocycles. The molecule has 0 bridgehead atoms. The van der Waals surface area contributed by atoms with Crippen LogP contribution in [0.4, 0.5) is 0 Å². The van der Waals surface area contributed by atoms with Crippen molar-refractivity contribution in [3.8, 4) is 0 Å². The highest BCUT2D eigenvalue weighted by molar-refractivity contribution is 5.73. The first-order chi connectivity index (χ1) is 5.65. The topological polar surface area (TPSA) is 34.9 Å². The van der Waals surface area contributed by atoms with Crippen molar-refractivity contribution in [2.75, 3.05) is 0 Å². The van der Waals surface area contributed by atoms with Crippen molar-refractivity contribution >= 4 is 6.29 Å². The quantitative estimate of drug-likeness (QED) is 0.637. The molecule has 0 N–H and O–H groups in total. The van der Waals surface area contributed by atoms with Gasteiger partial charge >= 0.3 is 0 Å². The van der Waals surface area contributed by atoms with Crippen molar-refractivity contribution in [1.82, 2.24) is 9.55 Å². The monoisotopic (exact) mass is 166 g/mol. The predicted molar refractivity (Wildman–Crippen MR) is 47.1 cm³/mol. The smallest absolute Gasteiger partial charge is 0.168 e. The second-order valence-electron chi connectivity index (χ2n) is 3.40. The normalized spacial score (nSPS) is 10.7. The molecule has 0 radical (unpaired) electrons. The van der Waals surface area contributed by atoms with Crippen LogP contribution in [0.25, 0.3) is 0 Å². The molecule has 1 rings (SSSR count). The summed E-state index contributed by atoms with van der Waals surface area (Å²) in [6.45, 7) is 4.23. The Labute approximate surface area is 72.4 Å². The van der Waals surface area contributed by atoms with Crippen molar-refractivity contribution in [3.05, 3.63) is 17.7 Å². The molecule has 0 atom stereocenters. The van der Waals surface area contributed by atoms with E-state index in [0.29, 0.717) is 11.6 Å². The van der Waals surface area contributed by atoms with Crippen molar-refractivity contribution in [2.45, 2.75) is 20.3 Å². The molecule has 0 aliphatic heterocycles. The first-order valence-corrected chi connectivity index (χ1v) is 4.10. The first kappa shape index (κ1) is 8.97. The lowest BCUT2D eigenvalue weighted by atomic mass is 10.1. The third kappa shape index (κ3) is 1.72. The van der Waals surface area contributed by atoms with Crippen LogP contribution in [0.3, 0.4) is 0 Å². The summed E-state index contributed by atoms with van der Waals surface area (Å²) >= 11 is 0. The van der Waals surface area contributed by atoms with Gasteiger partial charge in [-0.15, -0.1) is 0 Å². The van der Waals surface area contributed by atoms with E-state index in [2.05, 4.69) is 18.8 Å². The Morgan fingerprint density at radius 1 is 1.67 bits per heavy atom. The minimum atomic E-state index is 0.540. The number of aryl methyl sites for hydroxylation is 1. The standard InChI is InChI=1S/C9H14N2O/c1-7(2)4-8-9(5-12)11(3)6-10-8/h5-7H,4H2,1-3H3. The number of imidazole rings is 1. The van der Waals surface area contributed by atoms with Crippen LogP contribution in [0.1, 0.15) is 30.0 Å². The lowest BCUT2D eigenvalue weighted by Gasteiger charge is -2.01. The predicted octanol–water partition coefficient (Wildman–Crippen LogP) is 1.43. The Morgan fingerprint density at radius 3 is 2.83 bits per heavy atom. The van der Waals surface area contributed by atoms with Gasteiger partial charge in [0.1, 0.15) is 5.69 Å². The number of carbonyl (C=O) groups is 1. The van der Waals surface area contributed by atoms with Crippen LogP contribution in [0, 0.1) is 5.92 Å². The SMILES string of the molecule is CC(C)Cc1ncn(C)c1C=O. The number of carbonyl (C=O) groups excluding carboxylic acids is 1. The highest BCUT2D eigenvalue weighted by Gasteiger charge is 2.08. The summed E-state index contributed by atoms with van der Waals surface area (Å²) in [6, 6.07) is 0. The van der Waals surface area contributed by atoms with Gasteiger partial charge in [0, 0.05) is 7.05 Å². The van der Waals surface area contributed by atoms with E-state index >= 15 is 0 Å². The van der Waals surface area contributed by atoms with E-state index < -0.39 is 0 Å². The lowest BCUT2D eigenvalue weighted by molar-refractivity contribution is 0.111. The fraction of sp³-hybridized carbons (Fsp3) is 0.556. The zero-order valence-corrected chi connectivity index (χ0v) is 7.74. The zero-order chi connectivity index (χ0) is 9.14. The molecule has 0 spiro atoms. The van der Waals surface area contributed by atoms with Gasteiger partial charge in [-0.2, -0.15) is 0 Å². The van der Waals surface area contributed by atoms with Gasteiger partial charge in [0.15, 0.2) is 6.29 Å². The Hall–Kier alpha value is -1.12. The van der Waals surface area contributed by atoms with Crippen molar-refractivity contribution in [3.63, 3.8) is 0 Å². The second kappa shape index (κ2) is 3.52. The van der Waals surface area contributed by atoms with Crippen LogP contribution in [0.5, 0.6) is 0 Å². The maximum Gasteiger partial charge on any atom is 0.168 e. The highest BCUT2D eigenvalue weighted by atomic mass is 16.1. The third-order valence-corrected chi connectivity index (χ3v) is 1.78. The molecule has 1 aromatic rings. The average molecular weight is 166 g/mol. The van der Waals surface area contributed by atoms with E-state index in [1.807, 2.05) is 7.05 Å². The average Bonchev–Trinajstić information content (AvgIpc) is 2.30. The zero-order valence-electron chi connectivity index (χ0n) is 7.74. The maximum absolute atomic E-state index is 10.6. The molecule has 3 nitrogen and oxygen atoms in total. The minimum Gasteiger partial charge on any atom is -0.331 e. The summed E-state index contributed by atoms with van der Waals surface area (Å²) in [5.74, 6) is 0.540. The molecule has 0 fully saturated rings. The molecule has 1 aromatic heterocycles. The Balaban J connectivity index is 2.91. The van der Waals surface area contributed by atoms with Gasteiger partial charge in [-0.25, -0.2) is 4.98 Å². The Kier molecular flexibility index (Phi) is 2.63. The molecule has 3 heteroatoms. The van der Waals surface area contributed by atoms with E-state index in [1.165, 1.54) is 0 Å². The van der Waals surface area contributed by atoms with Crippen LogP contribution in [0.2, 0.25) is 0 Å². The Morgan fingerprint density at radius 2 is 2.33 bits per heavy atom. The van der Waals surface area contributed by atoms with Gasteiger partial charge in [0.05, 0.1) is 12.0 Å². The summed E-state index contributed by atoms with van der Waals surface area (Å²) in [5, 5.41) is 0. The molecule has 66 valence electrons. The number of rotatable bonds is 3. The minimum absolute atomic E-state index is 0.540. The molecular formula is C9H14N2O. The van der Waals surface area contributed by atoms with E-state index in [-0.39, 0.29) is 0 Å². The molecule has 1 heterocycles. The summed E-state index contributed by atoms with van der Waals surface area (Å²) in [7, 11) is 1.83. The second-order valence-corrected chi connectivity index (χ2v) is 3.40. The van der Waals surface area contributed by atoms with E-state index in [4.69, 9.17) is 0 Å². The van der Waals surface area contributed by atoms with Gasteiger partial charge in [0.2, 0.25) is 0 Å². The summed E-state index contributed by atoms with van der Waals surface area (Å²) < 4.78 is 1.75. The molecule has 0 unspecified atom stereocenters. The number of nitrogens with zero attached hydrogens (tertiary/aromatic N) is 2. The van der Waals surface area contributed by atoms with E-state index in [0.717, 1.165) is 18.4 Å². The molecule has 0 saturated carbocycles. The largest absolute Gasteiger partial charge is 0.331 e. The van der Waals surface area contributed by atoms with Gasteiger partial charge in [-0.3, -0.25) is 4.79 Å². The summed E-state index contributed by atoms with van der Waals surface area (Å²) in [5.41, 5.74) is 1.60. The van der Waals surface area contributed by atoms with Crippen LogP contribution in [-0.2, 0) is 13.5 Å². The van der Waals surface area contributed by atoms with Gasteiger partial charge < -0.3 is 4.57 Å². The molecule has 0 amide bonds. The molecular weight excluding hydrogens is 152 g/mol. The van der Waals surface area contributed by atoms with Crippen molar-refractivity contribution < 1.29 is 4.79 Å². The fourth-order valence-corrected chi connectivity index (χ4v) is 1.18. The van der Waals surface area contributed by atoms with Crippen LogP contribution in [-0.4, -0.2) is 15.8 Å². The van der Waals surface area contributed by atoms with Crippen molar-refractivity contribution in [1.29, 1.82) is 0 Å². The lowest BCUT2D eigenvalue weighted by Crippen LogP contribution is -2.01. The molecule has 12 heavy (non-hydrogen) atoms. The number of aromatic nitrogens is 2. The molecule has 0 aliphatic carbocycles. The third-order valence-electron chi connectivity index (χ3n) is 1.78. The molecule has 0 aliphatic rings. The highest BCUT2D eigenvalue weighted by Crippen LogP contribution is 2.09. The summed E-state index contributed by atoms with van der Waals surface area (Å²) in [6.07, 6.45) is 3.42.